The first kappa shape index (κ1) is 22.2. The standard InChI is InChI=1S/C16H31N5O.HI/c1-6-14-13(15(7-2)21(4)20-14)12-19-16(17-8-3)18-10-9-11-22-5;/h6-12H2,1-5H3,(H2,17,18,19);1H. The number of aryl methyl sites for hydroxylation is 2. The van der Waals surface area contributed by atoms with Gasteiger partial charge in [-0.15, -0.1) is 24.0 Å². The highest BCUT2D eigenvalue weighted by molar-refractivity contribution is 14.0. The number of hydrogen-bond donors (Lipinski definition) is 2. The van der Waals surface area contributed by atoms with Crippen LogP contribution >= 0.6 is 24.0 Å². The topological polar surface area (TPSA) is 63.5 Å². The fourth-order valence-corrected chi connectivity index (χ4v) is 2.50. The molecule has 0 aliphatic carbocycles. The van der Waals surface area contributed by atoms with Crippen molar-refractivity contribution in [1.29, 1.82) is 0 Å². The van der Waals surface area contributed by atoms with E-state index in [0.717, 1.165) is 50.6 Å². The first-order valence-electron chi connectivity index (χ1n) is 8.22. The summed E-state index contributed by atoms with van der Waals surface area (Å²) in [6.45, 7) is 9.51. The van der Waals surface area contributed by atoms with E-state index in [4.69, 9.17) is 9.73 Å². The third-order valence-corrected chi connectivity index (χ3v) is 3.59. The molecule has 134 valence electrons. The number of nitrogens with zero attached hydrogens (tertiary/aromatic N) is 3. The van der Waals surface area contributed by atoms with Crippen LogP contribution in [0, 0.1) is 0 Å². The molecule has 0 radical (unpaired) electrons. The minimum Gasteiger partial charge on any atom is -0.385 e. The fourth-order valence-electron chi connectivity index (χ4n) is 2.50. The van der Waals surface area contributed by atoms with Gasteiger partial charge in [0.25, 0.3) is 0 Å². The lowest BCUT2D eigenvalue weighted by atomic mass is 10.1. The average Bonchev–Trinajstić information content (AvgIpc) is 2.83. The molecule has 1 heterocycles. The number of guanidine groups is 1. The number of nitrogens with one attached hydrogen (secondary N) is 2. The van der Waals surface area contributed by atoms with Crippen molar-refractivity contribution in [2.75, 3.05) is 26.8 Å². The van der Waals surface area contributed by atoms with Gasteiger partial charge in [0.05, 0.1) is 12.2 Å². The van der Waals surface area contributed by atoms with Crippen molar-refractivity contribution < 1.29 is 4.74 Å². The molecule has 0 aliphatic rings. The largest absolute Gasteiger partial charge is 0.385 e. The zero-order valence-electron chi connectivity index (χ0n) is 15.1. The van der Waals surface area contributed by atoms with Crippen molar-refractivity contribution in [1.82, 2.24) is 20.4 Å². The van der Waals surface area contributed by atoms with Crippen molar-refractivity contribution in [3.63, 3.8) is 0 Å². The van der Waals surface area contributed by atoms with Crippen molar-refractivity contribution in [3.05, 3.63) is 17.0 Å². The highest BCUT2D eigenvalue weighted by atomic mass is 127. The second-order valence-corrected chi connectivity index (χ2v) is 5.17. The van der Waals surface area contributed by atoms with Gasteiger partial charge >= 0.3 is 0 Å². The second kappa shape index (κ2) is 12.6. The molecular formula is C16H32IN5O. The summed E-state index contributed by atoms with van der Waals surface area (Å²) in [5.41, 5.74) is 3.69. The highest BCUT2D eigenvalue weighted by Crippen LogP contribution is 2.16. The number of methoxy groups -OCH3 is 1. The van der Waals surface area contributed by atoms with Crippen LogP contribution in [0.5, 0.6) is 0 Å². The average molecular weight is 437 g/mol. The molecule has 0 saturated carbocycles. The van der Waals surface area contributed by atoms with E-state index < -0.39 is 0 Å². The van der Waals surface area contributed by atoms with Crippen LogP contribution in [-0.2, 0) is 31.2 Å². The quantitative estimate of drug-likeness (QED) is 0.269. The van der Waals surface area contributed by atoms with Crippen LogP contribution in [0.1, 0.15) is 44.1 Å². The van der Waals surface area contributed by atoms with Crippen molar-refractivity contribution >= 4 is 29.9 Å². The first-order chi connectivity index (χ1) is 10.7. The maximum atomic E-state index is 5.06. The highest BCUT2D eigenvalue weighted by Gasteiger charge is 2.13. The summed E-state index contributed by atoms with van der Waals surface area (Å²) >= 11 is 0. The number of ether oxygens (including phenoxy) is 1. The Balaban J connectivity index is 0.00000484. The van der Waals surface area contributed by atoms with Crippen LogP contribution < -0.4 is 10.6 Å². The fraction of sp³-hybridized carbons (Fsp3) is 0.750. The van der Waals surface area contributed by atoms with Crippen LogP contribution in [0.15, 0.2) is 4.99 Å². The maximum Gasteiger partial charge on any atom is 0.191 e. The Kier molecular flexibility index (Phi) is 12.1. The summed E-state index contributed by atoms with van der Waals surface area (Å²) in [5, 5.41) is 11.2. The van der Waals surface area contributed by atoms with E-state index in [1.165, 1.54) is 11.3 Å². The summed E-state index contributed by atoms with van der Waals surface area (Å²) in [6.07, 6.45) is 2.89. The molecule has 7 heteroatoms. The molecule has 0 amide bonds. The van der Waals surface area contributed by atoms with Gasteiger partial charge in [0.15, 0.2) is 5.96 Å². The third-order valence-electron chi connectivity index (χ3n) is 3.59. The minimum absolute atomic E-state index is 0. The molecule has 1 aromatic heterocycles. The molecule has 0 saturated heterocycles. The Morgan fingerprint density at radius 3 is 2.52 bits per heavy atom. The molecule has 0 atom stereocenters. The normalized spacial score (nSPS) is 11.3. The van der Waals surface area contributed by atoms with Crippen LogP contribution in [-0.4, -0.2) is 42.5 Å². The summed E-state index contributed by atoms with van der Waals surface area (Å²) in [5.74, 6) is 0.853. The van der Waals surface area contributed by atoms with Crippen molar-refractivity contribution in [2.24, 2.45) is 12.0 Å². The SMILES string of the molecule is CCNC(=NCc1c(CC)nn(C)c1CC)NCCCOC.I. The second-order valence-electron chi connectivity index (χ2n) is 5.17. The smallest absolute Gasteiger partial charge is 0.191 e. The Morgan fingerprint density at radius 1 is 1.22 bits per heavy atom. The van der Waals surface area contributed by atoms with E-state index in [0.29, 0.717) is 6.54 Å². The molecule has 0 spiro atoms. The number of aromatic nitrogens is 2. The molecule has 0 bridgehead atoms. The minimum atomic E-state index is 0. The Morgan fingerprint density at radius 2 is 1.96 bits per heavy atom. The number of rotatable bonds is 9. The third kappa shape index (κ3) is 7.07. The summed E-state index contributed by atoms with van der Waals surface area (Å²) in [6, 6.07) is 0. The molecule has 2 N–H and O–H groups in total. The van der Waals surface area contributed by atoms with E-state index in [-0.39, 0.29) is 24.0 Å². The molecule has 1 rings (SSSR count). The molecule has 1 aromatic rings. The Bertz CT molecular complexity index is 473. The molecule has 0 fully saturated rings. The first-order valence-corrected chi connectivity index (χ1v) is 8.22. The lowest BCUT2D eigenvalue weighted by Crippen LogP contribution is -2.38. The number of hydrogen-bond acceptors (Lipinski definition) is 3. The van der Waals surface area contributed by atoms with Gasteiger partial charge in [-0.05, 0) is 26.2 Å². The van der Waals surface area contributed by atoms with Crippen molar-refractivity contribution in [2.45, 2.75) is 46.6 Å². The van der Waals surface area contributed by atoms with E-state index in [2.05, 4.69) is 36.5 Å². The molecule has 6 nitrogen and oxygen atoms in total. The molecule has 0 unspecified atom stereocenters. The summed E-state index contributed by atoms with van der Waals surface area (Å²) in [4.78, 5) is 4.71. The number of aliphatic imine (C=N–C) groups is 1. The van der Waals surface area contributed by atoms with E-state index in [1.807, 2.05) is 11.7 Å². The zero-order valence-corrected chi connectivity index (χ0v) is 17.4. The molecule has 23 heavy (non-hydrogen) atoms. The Hall–Kier alpha value is -0.830. The lowest BCUT2D eigenvalue weighted by molar-refractivity contribution is 0.195. The molecular weight excluding hydrogens is 405 g/mol. The summed E-state index contributed by atoms with van der Waals surface area (Å²) < 4.78 is 7.05. The predicted molar refractivity (Wildman–Crippen MR) is 107 cm³/mol. The lowest BCUT2D eigenvalue weighted by Gasteiger charge is -2.11. The molecule has 0 aromatic carbocycles. The van der Waals surface area contributed by atoms with E-state index in [9.17, 15) is 0 Å². The van der Waals surface area contributed by atoms with E-state index >= 15 is 0 Å². The van der Waals surface area contributed by atoms with Gasteiger partial charge in [0, 0.05) is 45.1 Å². The molecule has 0 aliphatic heterocycles. The van der Waals surface area contributed by atoms with Crippen LogP contribution in [0.4, 0.5) is 0 Å². The summed E-state index contributed by atoms with van der Waals surface area (Å²) in [7, 11) is 3.74. The van der Waals surface area contributed by atoms with Crippen LogP contribution in [0.3, 0.4) is 0 Å². The zero-order chi connectivity index (χ0) is 16.4. The van der Waals surface area contributed by atoms with Gasteiger partial charge in [-0.2, -0.15) is 5.10 Å². The van der Waals surface area contributed by atoms with E-state index in [1.54, 1.807) is 7.11 Å². The van der Waals surface area contributed by atoms with Gasteiger partial charge < -0.3 is 15.4 Å². The predicted octanol–water partition coefficient (Wildman–Crippen LogP) is 2.25. The Labute approximate surface area is 157 Å². The van der Waals surface area contributed by atoms with Gasteiger partial charge in [-0.3, -0.25) is 4.68 Å². The van der Waals surface area contributed by atoms with Crippen molar-refractivity contribution in [3.8, 4) is 0 Å². The van der Waals surface area contributed by atoms with Gasteiger partial charge in [0.1, 0.15) is 0 Å². The van der Waals surface area contributed by atoms with Crippen LogP contribution in [0.25, 0.3) is 0 Å². The van der Waals surface area contributed by atoms with Crippen LogP contribution in [0.2, 0.25) is 0 Å². The monoisotopic (exact) mass is 437 g/mol. The van der Waals surface area contributed by atoms with Gasteiger partial charge in [-0.1, -0.05) is 13.8 Å². The number of halogens is 1. The maximum absolute atomic E-state index is 5.06. The van der Waals surface area contributed by atoms with Gasteiger partial charge in [-0.25, -0.2) is 4.99 Å². The van der Waals surface area contributed by atoms with Gasteiger partial charge in [0.2, 0.25) is 0 Å².